The average molecular weight is 279 g/mol. The van der Waals surface area contributed by atoms with Crippen LogP contribution in [0.25, 0.3) is 0 Å². The summed E-state index contributed by atoms with van der Waals surface area (Å²) in [5, 5.41) is 0. The molecule has 6 heteroatoms. The van der Waals surface area contributed by atoms with Gasteiger partial charge in [-0.3, -0.25) is 0 Å². The zero-order valence-corrected chi connectivity index (χ0v) is 11.4. The van der Waals surface area contributed by atoms with Crippen molar-refractivity contribution in [3.8, 4) is 11.8 Å². The molecule has 0 saturated heterocycles. The minimum atomic E-state index is -0.529. The highest BCUT2D eigenvalue weighted by Crippen LogP contribution is 2.23. The molecule has 19 heavy (non-hydrogen) atoms. The third-order valence-corrected chi connectivity index (χ3v) is 2.98. The van der Waals surface area contributed by atoms with Gasteiger partial charge in [-0.15, -0.1) is 11.8 Å². The fraction of sp³-hybridized carbons (Fsp3) is 0.231. The van der Waals surface area contributed by atoms with Crippen molar-refractivity contribution in [1.82, 2.24) is 4.98 Å². The minimum Gasteiger partial charge on any atom is -0.461 e. The molecule has 1 aromatic heterocycles. The zero-order chi connectivity index (χ0) is 13.7. The lowest BCUT2D eigenvalue weighted by Crippen LogP contribution is -2.04. The average Bonchev–Trinajstić information content (AvgIpc) is 2.88. The van der Waals surface area contributed by atoms with Gasteiger partial charge in [0.2, 0.25) is 0 Å². The number of benzene rings is 1. The number of thioether (sulfide) groups is 1. The maximum atomic E-state index is 11.4. The van der Waals surface area contributed by atoms with Crippen LogP contribution in [0.1, 0.15) is 17.4 Å². The Hall–Kier alpha value is -1.95. The van der Waals surface area contributed by atoms with Crippen molar-refractivity contribution < 1.29 is 18.7 Å². The molecule has 0 N–H and O–H groups in total. The Bertz CT molecular complexity index is 550. The molecule has 0 fully saturated rings. The Morgan fingerprint density at radius 1 is 1.37 bits per heavy atom. The van der Waals surface area contributed by atoms with Crippen LogP contribution in [0.2, 0.25) is 0 Å². The lowest BCUT2D eigenvalue weighted by Gasteiger charge is -2.01. The number of nitrogens with zero attached hydrogens (tertiary/aromatic N) is 1. The molecule has 0 amide bonds. The zero-order valence-electron chi connectivity index (χ0n) is 10.6. The number of oxazole rings is 1. The normalized spacial score (nSPS) is 10.2. The molecule has 1 aromatic carbocycles. The van der Waals surface area contributed by atoms with E-state index in [0.717, 1.165) is 4.90 Å². The molecule has 2 rings (SSSR count). The lowest BCUT2D eigenvalue weighted by molar-refractivity contribution is 0.0519. The molecule has 1 heterocycles. The summed E-state index contributed by atoms with van der Waals surface area (Å²) in [5.41, 5.74) is 0.0950. The number of carbonyl (C=O) groups is 1. The summed E-state index contributed by atoms with van der Waals surface area (Å²) >= 11 is 1.64. The van der Waals surface area contributed by atoms with E-state index in [4.69, 9.17) is 13.9 Å². The van der Waals surface area contributed by atoms with Gasteiger partial charge in [-0.25, -0.2) is 4.79 Å². The second-order valence-electron chi connectivity index (χ2n) is 3.50. The van der Waals surface area contributed by atoms with Crippen molar-refractivity contribution in [2.75, 3.05) is 12.9 Å². The molecule has 0 spiro atoms. The number of esters is 1. The highest BCUT2D eigenvalue weighted by molar-refractivity contribution is 7.98. The summed E-state index contributed by atoms with van der Waals surface area (Å²) in [7, 11) is 0. The first-order valence-electron chi connectivity index (χ1n) is 5.67. The van der Waals surface area contributed by atoms with Gasteiger partial charge in [-0.1, -0.05) is 0 Å². The van der Waals surface area contributed by atoms with Crippen LogP contribution in [-0.2, 0) is 4.74 Å². The number of aromatic nitrogens is 1. The first-order chi connectivity index (χ1) is 9.22. The summed E-state index contributed by atoms with van der Waals surface area (Å²) in [6.45, 7) is 2.01. The van der Waals surface area contributed by atoms with E-state index in [9.17, 15) is 4.79 Å². The molecule has 100 valence electrons. The van der Waals surface area contributed by atoms with Crippen LogP contribution in [0.4, 0.5) is 0 Å². The van der Waals surface area contributed by atoms with Crippen LogP contribution in [0.15, 0.2) is 39.8 Å². The largest absolute Gasteiger partial charge is 0.461 e. The SMILES string of the molecule is CCOC(=O)c1coc(Oc2ccc(SC)cc2)n1. The topological polar surface area (TPSA) is 61.6 Å². The van der Waals surface area contributed by atoms with E-state index in [1.807, 2.05) is 18.4 Å². The number of carbonyl (C=O) groups excluding carboxylic acids is 1. The molecule has 0 atom stereocenters. The quantitative estimate of drug-likeness (QED) is 0.617. The molecular formula is C13H13NO4S. The fourth-order valence-corrected chi connectivity index (χ4v) is 1.76. The molecule has 0 aliphatic carbocycles. The third-order valence-electron chi connectivity index (χ3n) is 2.23. The van der Waals surface area contributed by atoms with E-state index in [1.54, 1.807) is 30.8 Å². The van der Waals surface area contributed by atoms with Crippen molar-refractivity contribution in [3.05, 3.63) is 36.2 Å². The van der Waals surface area contributed by atoms with E-state index in [0.29, 0.717) is 5.75 Å². The monoisotopic (exact) mass is 279 g/mol. The van der Waals surface area contributed by atoms with Gasteiger partial charge < -0.3 is 13.9 Å². The van der Waals surface area contributed by atoms with Crippen LogP contribution in [0, 0.1) is 0 Å². The Kier molecular flexibility index (Phi) is 4.46. The summed E-state index contributed by atoms with van der Waals surface area (Å²) in [6.07, 6.45) is 3.22. The second kappa shape index (κ2) is 6.29. The summed E-state index contributed by atoms with van der Waals surface area (Å²) < 4.78 is 15.2. The maximum Gasteiger partial charge on any atom is 0.399 e. The standard InChI is InChI=1S/C13H13NO4S/c1-3-16-12(15)11-8-17-13(14-11)18-9-4-6-10(19-2)7-5-9/h4-8H,3H2,1-2H3. The smallest absolute Gasteiger partial charge is 0.399 e. The van der Waals surface area contributed by atoms with E-state index in [1.165, 1.54) is 6.26 Å². The van der Waals surface area contributed by atoms with Crippen molar-refractivity contribution >= 4 is 17.7 Å². The van der Waals surface area contributed by atoms with Gasteiger partial charge in [0.15, 0.2) is 5.69 Å². The van der Waals surface area contributed by atoms with Gasteiger partial charge in [0.05, 0.1) is 6.61 Å². The summed E-state index contributed by atoms with van der Waals surface area (Å²) in [6, 6.07) is 7.46. The van der Waals surface area contributed by atoms with E-state index in [-0.39, 0.29) is 18.4 Å². The van der Waals surface area contributed by atoms with Crippen molar-refractivity contribution in [2.24, 2.45) is 0 Å². The predicted octanol–water partition coefficient (Wildman–Crippen LogP) is 3.37. The summed E-state index contributed by atoms with van der Waals surface area (Å²) in [5.74, 6) is 0.0638. The van der Waals surface area contributed by atoms with E-state index >= 15 is 0 Å². The highest BCUT2D eigenvalue weighted by Gasteiger charge is 2.14. The first kappa shape index (κ1) is 13.5. The van der Waals surface area contributed by atoms with Crippen LogP contribution >= 0.6 is 11.8 Å². The number of rotatable bonds is 5. The van der Waals surface area contributed by atoms with Gasteiger partial charge >= 0.3 is 12.0 Å². The molecule has 0 bridgehead atoms. The van der Waals surface area contributed by atoms with E-state index < -0.39 is 5.97 Å². The van der Waals surface area contributed by atoms with Gasteiger partial charge in [0.1, 0.15) is 12.0 Å². The third kappa shape index (κ3) is 3.51. The number of hydrogen-bond donors (Lipinski definition) is 0. The number of ether oxygens (including phenoxy) is 2. The maximum absolute atomic E-state index is 11.4. The molecule has 5 nitrogen and oxygen atoms in total. The van der Waals surface area contributed by atoms with Gasteiger partial charge in [0, 0.05) is 4.90 Å². The van der Waals surface area contributed by atoms with Gasteiger partial charge in [0.25, 0.3) is 0 Å². The van der Waals surface area contributed by atoms with E-state index in [2.05, 4.69) is 4.98 Å². The van der Waals surface area contributed by atoms with Crippen LogP contribution < -0.4 is 4.74 Å². The first-order valence-corrected chi connectivity index (χ1v) is 6.90. The van der Waals surface area contributed by atoms with Crippen molar-refractivity contribution in [2.45, 2.75) is 11.8 Å². The molecule has 0 aliphatic rings. The second-order valence-corrected chi connectivity index (χ2v) is 4.38. The lowest BCUT2D eigenvalue weighted by atomic mass is 10.3. The highest BCUT2D eigenvalue weighted by atomic mass is 32.2. The Balaban J connectivity index is 2.04. The molecule has 0 aliphatic heterocycles. The minimum absolute atomic E-state index is 0.0138. The van der Waals surface area contributed by atoms with Crippen molar-refractivity contribution in [1.29, 1.82) is 0 Å². The molecule has 0 unspecified atom stereocenters. The Labute approximate surface area is 114 Å². The van der Waals surface area contributed by atoms with Crippen molar-refractivity contribution in [3.63, 3.8) is 0 Å². The van der Waals surface area contributed by atoms with Crippen LogP contribution in [0.5, 0.6) is 11.8 Å². The Morgan fingerprint density at radius 2 is 2.11 bits per heavy atom. The molecule has 2 aromatic rings. The number of hydrogen-bond acceptors (Lipinski definition) is 6. The molecular weight excluding hydrogens is 266 g/mol. The van der Waals surface area contributed by atoms with Gasteiger partial charge in [-0.05, 0) is 37.4 Å². The van der Waals surface area contributed by atoms with Gasteiger partial charge in [-0.2, -0.15) is 4.98 Å². The predicted molar refractivity (Wildman–Crippen MR) is 70.8 cm³/mol. The fourth-order valence-electron chi connectivity index (χ4n) is 1.35. The molecule has 0 radical (unpaired) electrons. The van der Waals surface area contributed by atoms with Crippen LogP contribution in [0.3, 0.4) is 0 Å². The molecule has 0 saturated carbocycles. The van der Waals surface area contributed by atoms with Crippen LogP contribution in [-0.4, -0.2) is 23.8 Å². The Morgan fingerprint density at radius 3 is 2.74 bits per heavy atom. The summed E-state index contributed by atoms with van der Waals surface area (Å²) in [4.78, 5) is 16.4.